The maximum absolute atomic E-state index is 11.8. The average Bonchev–Trinajstić information content (AvgIpc) is 2.41. The molecule has 1 aromatic carbocycles. The van der Waals surface area contributed by atoms with Gasteiger partial charge in [0.05, 0.1) is 7.11 Å². The predicted molar refractivity (Wildman–Crippen MR) is 73.4 cm³/mol. The van der Waals surface area contributed by atoms with Crippen molar-refractivity contribution in [3.8, 4) is 11.5 Å². The van der Waals surface area contributed by atoms with E-state index in [9.17, 15) is 4.79 Å². The first-order valence-corrected chi connectivity index (χ1v) is 6.71. The third-order valence-corrected chi connectivity index (χ3v) is 3.73. The van der Waals surface area contributed by atoms with Crippen LogP contribution < -0.4 is 15.2 Å². The van der Waals surface area contributed by atoms with E-state index < -0.39 is 5.60 Å². The van der Waals surface area contributed by atoms with Crippen molar-refractivity contribution in [2.45, 2.75) is 44.6 Å². The van der Waals surface area contributed by atoms with E-state index in [0.29, 0.717) is 24.3 Å². The number of primary amides is 1. The van der Waals surface area contributed by atoms with Gasteiger partial charge in [-0.05, 0) is 50.3 Å². The highest BCUT2D eigenvalue weighted by Gasteiger charge is 2.40. The molecule has 1 saturated carbocycles. The summed E-state index contributed by atoms with van der Waals surface area (Å²) >= 11 is 0. The van der Waals surface area contributed by atoms with E-state index in [-0.39, 0.29) is 5.91 Å². The van der Waals surface area contributed by atoms with Crippen LogP contribution in [-0.4, -0.2) is 18.6 Å². The molecule has 0 unspecified atom stereocenters. The van der Waals surface area contributed by atoms with Crippen molar-refractivity contribution in [1.82, 2.24) is 0 Å². The monoisotopic (exact) mass is 263 g/mol. The summed E-state index contributed by atoms with van der Waals surface area (Å²) in [6, 6.07) is 5.68. The fourth-order valence-corrected chi connectivity index (χ4v) is 2.59. The smallest absolute Gasteiger partial charge is 0.261 e. The van der Waals surface area contributed by atoms with Crippen LogP contribution in [0, 0.1) is 6.92 Å². The van der Waals surface area contributed by atoms with Crippen LogP contribution in [0.2, 0.25) is 0 Å². The van der Waals surface area contributed by atoms with E-state index in [1.807, 2.05) is 25.1 Å². The van der Waals surface area contributed by atoms with Crippen LogP contribution in [0.25, 0.3) is 0 Å². The molecule has 0 radical (unpaired) electrons. The van der Waals surface area contributed by atoms with Crippen molar-refractivity contribution in [3.05, 3.63) is 23.8 Å². The lowest BCUT2D eigenvalue weighted by Gasteiger charge is -2.35. The Hall–Kier alpha value is -1.71. The Labute approximate surface area is 113 Å². The molecule has 4 nitrogen and oxygen atoms in total. The third-order valence-electron chi connectivity index (χ3n) is 3.73. The molecule has 1 aliphatic carbocycles. The number of methoxy groups -OCH3 is 1. The lowest BCUT2D eigenvalue weighted by molar-refractivity contribution is -0.136. The van der Waals surface area contributed by atoms with E-state index >= 15 is 0 Å². The number of hydrogen-bond acceptors (Lipinski definition) is 3. The molecule has 1 amide bonds. The van der Waals surface area contributed by atoms with Crippen molar-refractivity contribution in [2.75, 3.05) is 7.11 Å². The molecule has 0 aliphatic heterocycles. The van der Waals surface area contributed by atoms with Gasteiger partial charge in [0, 0.05) is 0 Å². The molecule has 1 fully saturated rings. The first-order chi connectivity index (χ1) is 9.07. The van der Waals surface area contributed by atoms with E-state index in [2.05, 4.69) is 0 Å². The maximum Gasteiger partial charge on any atom is 0.261 e. The zero-order valence-corrected chi connectivity index (χ0v) is 11.6. The molecule has 4 heteroatoms. The number of rotatable bonds is 4. The van der Waals surface area contributed by atoms with Crippen LogP contribution >= 0.6 is 0 Å². The summed E-state index contributed by atoms with van der Waals surface area (Å²) in [6.45, 7) is 1.98. The summed E-state index contributed by atoms with van der Waals surface area (Å²) in [7, 11) is 1.60. The second kappa shape index (κ2) is 5.51. The maximum atomic E-state index is 11.8. The first kappa shape index (κ1) is 13.7. The lowest BCUT2D eigenvalue weighted by atomic mass is 9.84. The number of nitrogens with two attached hydrogens (primary N) is 1. The van der Waals surface area contributed by atoms with Gasteiger partial charge in [-0.15, -0.1) is 0 Å². The molecular weight excluding hydrogens is 242 g/mol. The fraction of sp³-hybridized carbons (Fsp3) is 0.533. The summed E-state index contributed by atoms with van der Waals surface area (Å²) in [4.78, 5) is 11.8. The molecule has 0 saturated heterocycles. The van der Waals surface area contributed by atoms with Gasteiger partial charge in [0.1, 0.15) is 0 Å². The van der Waals surface area contributed by atoms with Gasteiger partial charge in [0.25, 0.3) is 5.91 Å². The highest BCUT2D eigenvalue weighted by atomic mass is 16.5. The van der Waals surface area contributed by atoms with Gasteiger partial charge < -0.3 is 15.2 Å². The van der Waals surface area contributed by atoms with Gasteiger partial charge in [-0.2, -0.15) is 0 Å². The number of carbonyl (C=O) groups excluding carboxylic acids is 1. The Morgan fingerprint density at radius 2 is 1.89 bits per heavy atom. The van der Waals surface area contributed by atoms with Gasteiger partial charge in [-0.1, -0.05) is 12.5 Å². The third kappa shape index (κ3) is 2.83. The van der Waals surface area contributed by atoms with Crippen molar-refractivity contribution in [1.29, 1.82) is 0 Å². The van der Waals surface area contributed by atoms with Crippen LogP contribution in [0.4, 0.5) is 0 Å². The number of aryl methyl sites for hydroxylation is 1. The Balaban J connectivity index is 2.29. The van der Waals surface area contributed by atoms with Crippen LogP contribution in [0.1, 0.15) is 37.7 Å². The van der Waals surface area contributed by atoms with E-state index in [1.165, 1.54) is 0 Å². The Bertz CT molecular complexity index is 464. The van der Waals surface area contributed by atoms with Gasteiger partial charge in [-0.25, -0.2) is 0 Å². The quantitative estimate of drug-likeness (QED) is 0.908. The Morgan fingerprint density at radius 1 is 1.21 bits per heavy atom. The summed E-state index contributed by atoms with van der Waals surface area (Å²) < 4.78 is 11.3. The van der Waals surface area contributed by atoms with Gasteiger partial charge in [-0.3, -0.25) is 4.79 Å². The number of carbonyl (C=O) groups is 1. The van der Waals surface area contributed by atoms with E-state index in [0.717, 1.165) is 24.8 Å². The summed E-state index contributed by atoms with van der Waals surface area (Å²) in [6.07, 6.45) is 4.43. The average molecular weight is 263 g/mol. The zero-order chi connectivity index (χ0) is 13.9. The summed E-state index contributed by atoms with van der Waals surface area (Å²) in [5.41, 5.74) is 5.78. The van der Waals surface area contributed by atoms with Crippen molar-refractivity contribution < 1.29 is 14.3 Å². The van der Waals surface area contributed by atoms with E-state index in [1.54, 1.807) is 7.11 Å². The lowest BCUT2D eigenvalue weighted by Crippen LogP contribution is -2.50. The molecule has 0 aromatic heterocycles. The highest BCUT2D eigenvalue weighted by Crippen LogP contribution is 2.37. The fourth-order valence-electron chi connectivity index (χ4n) is 2.59. The molecule has 0 heterocycles. The molecule has 1 aromatic rings. The topological polar surface area (TPSA) is 61.6 Å². The predicted octanol–water partition coefficient (Wildman–Crippen LogP) is 2.57. The molecular formula is C15H21NO3. The highest BCUT2D eigenvalue weighted by molar-refractivity contribution is 5.84. The second-order valence-electron chi connectivity index (χ2n) is 5.18. The van der Waals surface area contributed by atoms with Gasteiger partial charge >= 0.3 is 0 Å². The molecule has 1 aliphatic rings. The molecule has 0 atom stereocenters. The molecule has 0 spiro atoms. The second-order valence-corrected chi connectivity index (χ2v) is 5.18. The Kier molecular flexibility index (Phi) is 3.98. The number of hydrogen-bond donors (Lipinski definition) is 1. The molecule has 2 rings (SSSR count). The van der Waals surface area contributed by atoms with Crippen molar-refractivity contribution in [3.63, 3.8) is 0 Å². The molecule has 104 valence electrons. The zero-order valence-electron chi connectivity index (χ0n) is 11.6. The minimum Gasteiger partial charge on any atom is -0.493 e. The number of amides is 1. The normalized spacial score (nSPS) is 17.8. The van der Waals surface area contributed by atoms with E-state index in [4.69, 9.17) is 15.2 Å². The van der Waals surface area contributed by atoms with Crippen LogP contribution in [-0.2, 0) is 4.79 Å². The number of benzene rings is 1. The number of ether oxygens (including phenoxy) is 2. The van der Waals surface area contributed by atoms with Crippen LogP contribution in [0.15, 0.2) is 18.2 Å². The molecule has 19 heavy (non-hydrogen) atoms. The largest absolute Gasteiger partial charge is 0.493 e. The molecule has 0 bridgehead atoms. The minimum absolute atomic E-state index is 0.380. The van der Waals surface area contributed by atoms with Crippen molar-refractivity contribution >= 4 is 5.91 Å². The van der Waals surface area contributed by atoms with Crippen LogP contribution in [0.5, 0.6) is 11.5 Å². The summed E-state index contributed by atoms with van der Waals surface area (Å²) in [5.74, 6) is 0.856. The van der Waals surface area contributed by atoms with Crippen LogP contribution in [0.3, 0.4) is 0 Å². The Morgan fingerprint density at radius 3 is 2.47 bits per heavy atom. The standard InChI is InChI=1S/C15H21NO3/c1-11-6-7-12(13(10-11)18-2)19-15(14(16)17)8-4-3-5-9-15/h6-7,10H,3-5,8-9H2,1-2H3,(H2,16,17). The van der Waals surface area contributed by atoms with Gasteiger partial charge in [0.2, 0.25) is 0 Å². The summed E-state index contributed by atoms with van der Waals surface area (Å²) in [5, 5.41) is 0. The van der Waals surface area contributed by atoms with Crippen molar-refractivity contribution in [2.24, 2.45) is 5.73 Å². The minimum atomic E-state index is -0.874. The van der Waals surface area contributed by atoms with Gasteiger partial charge in [0.15, 0.2) is 17.1 Å². The SMILES string of the molecule is COc1cc(C)ccc1OC1(C(N)=O)CCCCC1. The molecule has 2 N–H and O–H groups in total. The first-order valence-electron chi connectivity index (χ1n) is 6.71.